The minimum atomic E-state index is -0.388. The Morgan fingerprint density at radius 3 is 2.44 bits per heavy atom. The summed E-state index contributed by atoms with van der Waals surface area (Å²) in [6.45, 7) is 0. The molecule has 0 amide bonds. The van der Waals surface area contributed by atoms with Gasteiger partial charge in [-0.1, -0.05) is 35.3 Å². The average molecular weight is 283 g/mol. The van der Waals surface area contributed by atoms with Crippen LogP contribution in [-0.2, 0) is 0 Å². The zero-order chi connectivity index (χ0) is 13.1. The summed E-state index contributed by atoms with van der Waals surface area (Å²) in [7, 11) is 1.62. The van der Waals surface area contributed by atoms with Gasteiger partial charge in [0.15, 0.2) is 0 Å². The first-order chi connectivity index (χ1) is 8.61. The van der Waals surface area contributed by atoms with Crippen molar-refractivity contribution >= 4 is 23.2 Å². The molecule has 5 heteroatoms. The number of hydrogen-bond acceptors (Lipinski definition) is 3. The topological polar surface area (TPSA) is 48.1 Å². The minimum absolute atomic E-state index is 0.388. The lowest BCUT2D eigenvalue weighted by Crippen LogP contribution is -2.14. The molecule has 0 aliphatic carbocycles. The zero-order valence-electron chi connectivity index (χ0n) is 9.73. The van der Waals surface area contributed by atoms with Gasteiger partial charge < -0.3 is 10.5 Å². The van der Waals surface area contributed by atoms with Crippen molar-refractivity contribution in [3.8, 4) is 5.75 Å². The number of methoxy groups -OCH3 is 1. The third kappa shape index (κ3) is 2.75. The lowest BCUT2D eigenvalue weighted by Gasteiger charge is -2.13. The van der Waals surface area contributed by atoms with Crippen LogP contribution in [0.15, 0.2) is 36.5 Å². The number of ether oxygens (including phenoxy) is 1. The highest BCUT2D eigenvalue weighted by molar-refractivity contribution is 6.34. The van der Waals surface area contributed by atoms with Gasteiger partial charge in [0, 0.05) is 6.20 Å². The van der Waals surface area contributed by atoms with Crippen molar-refractivity contribution < 1.29 is 4.74 Å². The van der Waals surface area contributed by atoms with Gasteiger partial charge in [-0.2, -0.15) is 0 Å². The lowest BCUT2D eigenvalue weighted by atomic mass is 10.0. The number of aromatic nitrogens is 1. The van der Waals surface area contributed by atoms with Crippen molar-refractivity contribution in [3.63, 3.8) is 0 Å². The number of hydrogen-bond donors (Lipinski definition) is 1. The molecule has 0 aliphatic rings. The van der Waals surface area contributed by atoms with Crippen LogP contribution in [0.25, 0.3) is 0 Å². The van der Waals surface area contributed by atoms with Crippen LogP contribution < -0.4 is 10.5 Å². The maximum Gasteiger partial charge on any atom is 0.118 e. The Labute approximate surface area is 115 Å². The first-order valence-corrected chi connectivity index (χ1v) is 6.08. The highest BCUT2D eigenvalue weighted by Gasteiger charge is 2.14. The van der Waals surface area contributed by atoms with Gasteiger partial charge >= 0.3 is 0 Å². The second-order valence-corrected chi connectivity index (χ2v) is 4.62. The van der Waals surface area contributed by atoms with Crippen molar-refractivity contribution in [2.75, 3.05) is 7.11 Å². The second-order valence-electron chi connectivity index (χ2n) is 3.77. The molecule has 1 unspecified atom stereocenters. The van der Waals surface area contributed by atoms with Crippen LogP contribution >= 0.6 is 23.2 Å². The van der Waals surface area contributed by atoms with Crippen LogP contribution in [0, 0.1) is 0 Å². The highest BCUT2D eigenvalue weighted by atomic mass is 35.5. The maximum absolute atomic E-state index is 6.13. The number of nitrogens with two attached hydrogens (primary N) is 1. The van der Waals surface area contributed by atoms with Gasteiger partial charge in [0.2, 0.25) is 0 Å². The first-order valence-electron chi connectivity index (χ1n) is 5.32. The molecule has 0 aliphatic heterocycles. The van der Waals surface area contributed by atoms with E-state index < -0.39 is 0 Å². The van der Waals surface area contributed by atoms with E-state index >= 15 is 0 Å². The van der Waals surface area contributed by atoms with Crippen molar-refractivity contribution in [2.45, 2.75) is 6.04 Å². The first kappa shape index (κ1) is 13.1. The third-order valence-electron chi connectivity index (χ3n) is 2.61. The van der Waals surface area contributed by atoms with E-state index in [-0.39, 0.29) is 6.04 Å². The molecule has 1 atom stereocenters. The summed E-state index contributed by atoms with van der Waals surface area (Å²) in [5.74, 6) is 0.779. The Kier molecular flexibility index (Phi) is 4.07. The average Bonchev–Trinajstić information content (AvgIpc) is 2.38. The van der Waals surface area contributed by atoms with E-state index in [0.29, 0.717) is 15.7 Å². The summed E-state index contributed by atoms with van der Waals surface area (Å²) >= 11 is 11.9. The van der Waals surface area contributed by atoms with Crippen molar-refractivity contribution in [1.29, 1.82) is 0 Å². The fraction of sp³-hybridized carbons (Fsp3) is 0.154. The Morgan fingerprint density at radius 1 is 1.22 bits per heavy atom. The quantitative estimate of drug-likeness (QED) is 0.938. The molecule has 0 saturated heterocycles. The normalized spacial score (nSPS) is 12.2. The molecule has 0 bridgehead atoms. The molecule has 0 fully saturated rings. The molecule has 1 heterocycles. The van der Waals surface area contributed by atoms with Gasteiger partial charge in [-0.05, 0) is 23.8 Å². The van der Waals surface area contributed by atoms with Crippen molar-refractivity contribution in [2.24, 2.45) is 5.73 Å². The second kappa shape index (κ2) is 5.57. The Balaban J connectivity index is 2.31. The number of halogens is 2. The zero-order valence-corrected chi connectivity index (χ0v) is 11.2. The molecule has 2 rings (SSSR count). The molecule has 0 radical (unpaired) electrons. The molecule has 1 aromatic carbocycles. The van der Waals surface area contributed by atoms with Gasteiger partial charge in [0.25, 0.3) is 0 Å². The van der Waals surface area contributed by atoms with Crippen LogP contribution in [0.4, 0.5) is 0 Å². The van der Waals surface area contributed by atoms with Crippen LogP contribution in [-0.4, -0.2) is 12.1 Å². The molecule has 1 aromatic heterocycles. The molecule has 2 aromatic rings. The third-order valence-corrected chi connectivity index (χ3v) is 3.12. The van der Waals surface area contributed by atoms with E-state index in [0.717, 1.165) is 11.3 Å². The molecule has 94 valence electrons. The fourth-order valence-corrected chi connectivity index (χ4v) is 2.12. The monoisotopic (exact) mass is 282 g/mol. The van der Waals surface area contributed by atoms with Crippen molar-refractivity contribution in [3.05, 3.63) is 57.8 Å². The van der Waals surface area contributed by atoms with E-state index in [4.69, 9.17) is 33.7 Å². The number of nitrogens with zero attached hydrogens (tertiary/aromatic N) is 1. The van der Waals surface area contributed by atoms with E-state index in [1.54, 1.807) is 13.2 Å². The SMILES string of the molecule is COc1ccc(C(N)c2ncc(Cl)cc2Cl)cc1. The summed E-state index contributed by atoms with van der Waals surface area (Å²) in [6, 6.07) is 8.71. The highest BCUT2D eigenvalue weighted by Crippen LogP contribution is 2.27. The molecular weight excluding hydrogens is 271 g/mol. The van der Waals surface area contributed by atoms with Gasteiger partial charge in [0.05, 0.1) is 28.9 Å². The Morgan fingerprint density at radius 2 is 1.89 bits per heavy atom. The summed E-state index contributed by atoms with van der Waals surface area (Å²) in [6.07, 6.45) is 1.53. The standard InChI is InChI=1S/C13H12Cl2N2O/c1-18-10-4-2-8(3-5-10)12(16)13-11(15)6-9(14)7-17-13/h2-7,12H,16H2,1H3. The molecular formula is C13H12Cl2N2O. The van der Waals surface area contributed by atoms with E-state index in [1.165, 1.54) is 6.20 Å². The van der Waals surface area contributed by atoms with Gasteiger partial charge in [-0.15, -0.1) is 0 Å². The minimum Gasteiger partial charge on any atom is -0.497 e. The predicted molar refractivity (Wildman–Crippen MR) is 73.3 cm³/mol. The largest absolute Gasteiger partial charge is 0.497 e. The molecule has 0 saturated carbocycles. The predicted octanol–water partition coefficient (Wildman–Crippen LogP) is 3.45. The van der Waals surface area contributed by atoms with E-state index in [2.05, 4.69) is 4.98 Å². The van der Waals surface area contributed by atoms with Crippen LogP contribution in [0.1, 0.15) is 17.3 Å². The fourth-order valence-electron chi connectivity index (χ4n) is 1.62. The number of rotatable bonds is 3. The summed E-state index contributed by atoms with van der Waals surface area (Å²) < 4.78 is 5.09. The summed E-state index contributed by atoms with van der Waals surface area (Å²) in [4.78, 5) is 4.18. The van der Waals surface area contributed by atoms with Crippen LogP contribution in [0.3, 0.4) is 0 Å². The molecule has 3 nitrogen and oxygen atoms in total. The molecule has 0 spiro atoms. The van der Waals surface area contributed by atoms with Gasteiger partial charge in [-0.25, -0.2) is 0 Å². The molecule has 18 heavy (non-hydrogen) atoms. The number of pyridine rings is 1. The van der Waals surface area contributed by atoms with E-state index in [9.17, 15) is 0 Å². The Bertz CT molecular complexity index is 543. The van der Waals surface area contributed by atoms with Crippen molar-refractivity contribution in [1.82, 2.24) is 4.98 Å². The maximum atomic E-state index is 6.13. The summed E-state index contributed by atoms with van der Waals surface area (Å²) in [5, 5.41) is 0.955. The summed E-state index contributed by atoms with van der Waals surface area (Å²) in [5.41, 5.74) is 7.64. The lowest BCUT2D eigenvalue weighted by molar-refractivity contribution is 0.414. The Hall–Kier alpha value is -1.29. The van der Waals surface area contributed by atoms with Crippen LogP contribution in [0.5, 0.6) is 5.75 Å². The van der Waals surface area contributed by atoms with E-state index in [1.807, 2.05) is 24.3 Å². The molecule has 2 N–H and O–H groups in total. The van der Waals surface area contributed by atoms with Gasteiger partial charge in [0.1, 0.15) is 5.75 Å². The number of benzene rings is 1. The van der Waals surface area contributed by atoms with Gasteiger partial charge in [-0.3, -0.25) is 4.98 Å². The van der Waals surface area contributed by atoms with Crippen LogP contribution in [0.2, 0.25) is 10.0 Å². The smallest absolute Gasteiger partial charge is 0.118 e.